The number of carbonyl (C=O) groups excluding carboxylic acids is 1. The van der Waals surface area contributed by atoms with Crippen LogP contribution in [-0.2, 0) is 11.2 Å². The first-order chi connectivity index (χ1) is 13.3. The van der Waals surface area contributed by atoms with E-state index < -0.39 is 59.2 Å². The maximum Gasteiger partial charge on any atom is 0.407 e. The Kier molecular flexibility index (Phi) is 5.62. The smallest absolute Gasteiger partial charge is 0.407 e. The van der Waals surface area contributed by atoms with Gasteiger partial charge in [-0.05, 0) is 24.5 Å². The van der Waals surface area contributed by atoms with Crippen LogP contribution in [-0.4, -0.2) is 39.5 Å². The van der Waals surface area contributed by atoms with Crippen molar-refractivity contribution in [1.29, 1.82) is 0 Å². The fourth-order valence-electron chi connectivity index (χ4n) is 3.49. The van der Waals surface area contributed by atoms with Gasteiger partial charge < -0.3 is 5.11 Å². The van der Waals surface area contributed by atoms with Gasteiger partial charge in [0.15, 0.2) is 29.1 Å². The molecule has 1 aliphatic heterocycles. The van der Waals surface area contributed by atoms with Crippen molar-refractivity contribution in [1.82, 2.24) is 9.88 Å². The van der Waals surface area contributed by atoms with Crippen molar-refractivity contribution in [3.05, 3.63) is 65.0 Å². The van der Waals surface area contributed by atoms with Gasteiger partial charge in [-0.25, -0.2) is 22.4 Å². The van der Waals surface area contributed by atoms with E-state index in [1.165, 1.54) is 0 Å². The van der Waals surface area contributed by atoms with Gasteiger partial charge in [-0.1, -0.05) is 6.07 Å². The Morgan fingerprint density at radius 3 is 2.43 bits per heavy atom. The van der Waals surface area contributed by atoms with Gasteiger partial charge in [0.1, 0.15) is 0 Å². The van der Waals surface area contributed by atoms with E-state index in [9.17, 15) is 32.3 Å². The highest BCUT2D eigenvalue weighted by molar-refractivity contribution is 5.88. The average molecular weight is 396 g/mol. The van der Waals surface area contributed by atoms with Crippen molar-refractivity contribution in [2.75, 3.05) is 6.54 Å². The van der Waals surface area contributed by atoms with Crippen molar-refractivity contribution in [3.63, 3.8) is 0 Å². The highest BCUT2D eigenvalue weighted by atomic mass is 19.2. The minimum Gasteiger partial charge on any atom is -0.465 e. The summed E-state index contributed by atoms with van der Waals surface area (Å²) in [6.07, 6.45) is 1.75. The normalized spacial score (nSPS) is 19.1. The van der Waals surface area contributed by atoms with E-state index in [1.54, 1.807) is 24.5 Å². The van der Waals surface area contributed by atoms with Crippen LogP contribution >= 0.6 is 0 Å². The largest absolute Gasteiger partial charge is 0.465 e. The van der Waals surface area contributed by atoms with Crippen molar-refractivity contribution < 1.29 is 32.3 Å². The van der Waals surface area contributed by atoms with E-state index in [2.05, 4.69) is 4.98 Å². The molecule has 2 aromatic rings. The molecule has 3 rings (SSSR count). The van der Waals surface area contributed by atoms with Gasteiger partial charge >= 0.3 is 6.09 Å². The second-order valence-corrected chi connectivity index (χ2v) is 6.59. The Morgan fingerprint density at radius 1 is 1.18 bits per heavy atom. The van der Waals surface area contributed by atoms with Gasteiger partial charge in [-0.15, -0.1) is 0 Å². The molecular weight excluding hydrogens is 380 g/mol. The summed E-state index contributed by atoms with van der Waals surface area (Å²) < 4.78 is 55.2. The van der Waals surface area contributed by atoms with Crippen LogP contribution in [0.15, 0.2) is 30.6 Å². The maximum atomic E-state index is 14.1. The average Bonchev–Trinajstić information content (AvgIpc) is 3.11. The molecule has 0 saturated carbocycles. The van der Waals surface area contributed by atoms with Gasteiger partial charge in [-0.2, -0.15) is 0 Å². The first-order valence-electron chi connectivity index (χ1n) is 8.53. The van der Waals surface area contributed by atoms with Crippen molar-refractivity contribution >= 4 is 11.9 Å². The highest BCUT2D eigenvalue weighted by Crippen LogP contribution is 2.37. The van der Waals surface area contributed by atoms with Gasteiger partial charge in [-0.3, -0.25) is 14.7 Å². The number of hydrogen-bond acceptors (Lipinski definition) is 3. The molecule has 1 aromatic carbocycles. The van der Waals surface area contributed by atoms with Crippen LogP contribution in [0.2, 0.25) is 0 Å². The predicted octanol–water partition coefficient (Wildman–Crippen LogP) is 3.68. The predicted molar refractivity (Wildman–Crippen MR) is 89.7 cm³/mol. The lowest BCUT2D eigenvalue weighted by Gasteiger charge is -2.20. The third kappa shape index (κ3) is 3.83. The first kappa shape index (κ1) is 19.8. The molecule has 1 saturated heterocycles. The summed E-state index contributed by atoms with van der Waals surface area (Å²) >= 11 is 0. The third-order valence-corrected chi connectivity index (χ3v) is 4.86. The van der Waals surface area contributed by atoms with Crippen molar-refractivity contribution in [2.45, 2.75) is 31.2 Å². The number of nitrogens with zero attached hydrogens (tertiary/aromatic N) is 2. The Hall–Kier alpha value is -2.97. The van der Waals surface area contributed by atoms with Crippen LogP contribution in [0.3, 0.4) is 0 Å². The number of Topliss-reactive ketones (excluding diaryl/α,β-unsaturated/α-hetero) is 1. The lowest BCUT2D eigenvalue weighted by molar-refractivity contribution is -0.122. The van der Waals surface area contributed by atoms with E-state index in [0.717, 1.165) is 10.5 Å². The minimum atomic E-state index is -1.57. The van der Waals surface area contributed by atoms with Crippen molar-refractivity contribution in [2.24, 2.45) is 0 Å². The molecule has 2 heterocycles. The fraction of sp³-hybridized carbons (Fsp3) is 0.316. The molecule has 1 N–H and O–H groups in total. The zero-order valence-corrected chi connectivity index (χ0v) is 14.5. The molecule has 1 unspecified atom stereocenters. The topological polar surface area (TPSA) is 70.5 Å². The third-order valence-electron chi connectivity index (χ3n) is 4.86. The van der Waals surface area contributed by atoms with Gasteiger partial charge in [0.25, 0.3) is 0 Å². The minimum absolute atomic E-state index is 0.00463. The number of aromatic nitrogens is 1. The molecule has 5 nitrogen and oxygen atoms in total. The lowest BCUT2D eigenvalue weighted by Crippen LogP contribution is -2.39. The van der Waals surface area contributed by atoms with E-state index in [0.29, 0.717) is 6.42 Å². The number of likely N-dealkylation sites (tertiary alicyclic amines) is 1. The molecule has 1 aliphatic rings. The van der Waals surface area contributed by atoms with Crippen LogP contribution in [0, 0.1) is 23.3 Å². The Balaban J connectivity index is 1.82. The summed E-state index contributed by atoms with van der Waals surface area (Å²) in [6.45, 7) is -0.435. The van der Waals surface area contributed by atoms with Crippen LogP contribution in [0.5, 0.6) is 0 Å². The molecule has 0 aliphatic carbocycles. The number of rotatable bonds is 5. The number of benzene rings is 1. The Bertz CT molecular complexity index is 882. The quantitative estimate of drug-likeness (QED) is 0.618. The molecule has 2 atom stereocenters. The summed E-state index contributed by atoms with van der Waals surface area (Å²) in [5.74, 6) is -7.89. The number of halogens is 4. The van der Waals surface area contributed by atoms with Gasteiger partial charge in [0.05, 0.1) is 6.04 Å². The number of aryl methyl sites for hydroxylation is 1. The van der Waals surface area contributed by atoms with E-state index >= 15 is 0 Å². The zero-order valence-electron chi connectivity index (χ0n) is 14.5. The van der Waals surface area contributed by atoms with Gasteiger partial charge in [0.2, 0.25) is 0 Å². The van der Waals surface area contributed by atoms with Crippen molar-refractivity contribution in [3.8, 4) is 0 Å². The number of amides is 1. The van der Waals surface area contributed by atoms with Crippen LogP contribution in [0.25, 0.3) is 0 Å². The SMILES string of the molecule is O=C(CCc1cccnc1)C1C[C@H](c2c(F)c(F)cc(F)c2F)CN1C(=O)O. The Labute approximate surface area is 157 Å². The van der Waals surface area contributed by atoms with Gasteiger partial charge in [0, 0.05) is 42.9 Å². The highest BCUT2D eigenvalue weighted by Gasteiger charge is 2.42. The molecule has 1 aromatic heterocycles. The number of hydrogen-bond donors (Lipinski definition) is 1. The molecule has 28 heavy (non-hydrogen) atoms. The van der Waals surface area contributed by atoms with E-state index in [-0.39, 0.29) is 18.9 Å². The van der Waals surface area contributed by atoms with Crippen LogP contribution in [0.4, 0.5) is 22.4 Å². The number of pyridine rings is 1. The van der Waals surface area contributed by atoms with Crippen LogP contribution < -0.4 is 0 Å². The summed E-state index contributed by atoms with van der Waals surface area (Å²) in [4.78, 5) is 28.7. The molecule has 148 valence electrons. The summed E-state index contributed by atoms with van der Waals surface area (Å²) in [5.41, 5.74) is -0.0946. The fourth-order valence-corrected chi connectivity index (χ4v) is 3.49. The molecule has 0 radical (unpaired) electrons. The maximum absolute atomic E-state index is 14.1. The second-order valence-electron chi connectivity index (χ2n) is 6.59. The Morgan fingerprint density at radius 2 is 1.86 bits per heavy atom. The number of carbonyl (C=O) groups is 2. The summed E-state index contributed by atoms with van der Waals surface area (Å²) in [5, 5.41) is 9.36. The van der Waals surface area contributed by atoms with Crippen LogP contribution in [0.1, 0.15) is 29.9 Å². The molecule has 0 bridgehead atoms. The standard InChI is InChI=1S/C19H16F4N2O3/c20-12-7-13(21)18(23)16(17(12)22)11-6-14(25(9-11)19(27)28)15(26)4-3-10-2-1-5-24-8-10/h1-2,5,7-8,11,14H,3-4,6,9H2,(H,27,28)/t11-,14?/m0/s1. The second kappa shape index (κ2) is 7.95. The number of carboxylic acid groups (broad SMARTS) is 1. The number of ketones is 1. The summed E-state index contributed by atoms with van der Waals surface area (Å²) in [6, 6.07) is 2.39. The monoisotopic (exact) mass is 396 g/mol. The molecular formula is C19H16F4N2O3. The molecule has 9 heteroatoms. The van der Waals surface area contributed by atoms with E-state index in [4.69, 9.17) is 0 Å². The summed E-state index contributed by atoms with van der Waals surface area (Å²) in [7, 11) is 0. The zero-order chi connectivity index (χ0) is 20.4. The molecule has 1 amide bonds. The van der Waals surface area contributed by atoms with E-state index in [1.807, 2.05) is 0 Å². The molecule has 1 fully saturated rings. The lowest BCUT2D eigenvalue weighted by atomic mass is 9.92. The first-order valence-corrected chi connectivity index (χ1v) is 8.53. The molecule has 0 spiro atoms.